The highest BCUT2D eigenvalue weighted by molar-refractivity contribution is 6.42. The van der Waals surface area contributed by atoms with Crippen molar-refractivity contribution in [3.8, 4) is 5.75 Å². The zero-order chi connectivity index (χ0) is 27.5. The third-order valence-corrected chi connectivity index (χ3v) is 8.26. The van der Waals surface area contributed by atoms with Crippen LogP contribution in [0.4, 0.5) is 19.3 Å². The number of halogens is 4. The smallest absolute Gasteiger partial charge is 0.407 e. The lowest BCUT2D eigenvalue weighted by Crippen LogP contribution is -2.43. The van der Waals surface area contributed by atoms with Gasteiger partial charge in [0.1, 0.15) is 11.9 Å². The third kappa shape index (κ3) is 6.87. The molecule has 0 spiro atoms. The van der Waals surface area contributed by atoms with Crippen LogP contribution in [0.2, 0.25) is 10.0 Å². The first kappa shape index (κ1) is 27.8. The number of nitrogens with zero attached hydrogens (tertiary/aromatic N) is 3. The van der Waals surface area contributed by atoms with Gasteiger partial charge in [-0.05, 0) is 61.6 Å². The second-order valence-electron chi connectivity index (χ2n) is 10.5. The van der Waals surface area contributed by atoms with Gasteiger partial charge in [-0.15, -0.1) is 0 Å². The Morgan fingerprint density at radius 3 is 2.69 bits per heavy atom. The van der Waals surface area contributed by atoms with Crippen LogP contribution in [0.15, 0.2) is 36.7 Å². The van der Waals surface area contributed by atoms with Gasteiger partial charge in [0.25, 0.3) is 0 Å². The van der Waals surface area contributed by atoms with Crippen molar-refractivity contribution in [1.82, 2.24) is 14.9 Å². The Morgan fingerprint density at radius 2 is 1.92 bits per heavy atom. The Balaban J connectivity index is 1.21. The summed E-state index contributed by atoms with van der Waals surface area (Å²) in [6, 6.07) is 8.32. The molecule has 11 heteroatoms. The molecule has 1 saturated carbocycles. The fraction of sp³-hybridized carbons (Fsp3) is 0.500. The number of alkyl carbamates (subject to hydrolysis) is 1. The molecule has 2 heterocycles. The molecule has 7 nitrogen and oxygen atoms in total. The molecule has 1 fully saturated rings. The minimum atomic E-state index is -2.85. The maximum Gasteiger partial charge on any atom is 0.407 e. The van der Waals surface area contributed by atoms with Gasteiger partial charge in [0, 0.05) is 24.8 Å². The first-order valence-corrected chi connectivity index (χ1v) is 14.1. The molecule has 1 aromatic heterocycles. The van der Waals surface area contributed by atoms with Crippen LogP contribution in [0.25, 0.3) is 11.0 Å². The van der Waals surface area contributed by atoms with Gasteiger partial charge in [-0.1, -0.05) is 48.9 Å². The second-order valence-corrected chi connectivity index (χ2v) is 11.3. The van der Waals surface area contributed by atoms with Crippen molar-refractivity contribution >= 4 is 46.0 Å². The fourth-order valence-corrected chi connectivity index (χ4v) is 6.09. The number of hydrogen-bond donors (Lipinski definition) is 1. The Labute approximate surface area is 236 Å². The Bertz CT molecular complexity index is 1320. The molecule has 0 saturated heterocycles. The van der Waals surface area contributed by atoms with Crippen LogP contribution in [0.1, 0.15) is 44.6 Å². The van der Waals surface area contributed by atoms with Gasteiger partial charge in [0.2, 0.25) is 0 Å². The van der Waals surface area contributed by atoms with Crippen molar-refractivity contribution in [3.63, 3.8) is 0 Å². The number of nitrogens with one attached hydrogen (secondary N) is 1. The zero-order valence-corrected chi connectivity index (χ0v) is 23.2. The van der Waals surface area contributed by atoms with Gasteiger partial charge < -0.3 is 24.3 Å². The number of carbonyl (C=O) groups excluding carboxylic acids is 1. The Kier molecular flexibility index (Phi) is 8.67. The van der Waals surface area contributed by atoms with E-state index in [2.05, 4.69) is 19.9 Å². The van der Waals surface area contributed by atoms with Crippen LogP contribution < -0.4 is 15.0 Å². The van der Waals surface area contributed by atoms with Gasteiger partial charge >= 0.3 is 12.7 Å². The predicted molar refractivity (Wildman–Crippen MR) is 148 cm³/mol. The number of rotatable bonds is 10. The first-order valence-electron chi connectivity index (χ1n) is 13.3. The van der Waals surface area contributed by atoms with Crippen LogP contribution in [-0.2, 0) is 17.7 Å². The summed E-state index contributed by atoms with van der Waals surface area (Å²) in [6.07, 6.45) is 7.14. The quantitative estimate of drug-likeness (QED) is 0.278. The number of imidazole rings is 1. The summed E-state index contributed by atoms with van der Waals surface area (Å²) in [4.78, 5) is 19.6. The van der Waals surface area contributed by atoms with E-state index in [1.807, 2.05) is 11.5 Å². The lowest BCUT2D eigenvalue weighted by molar-refractivity contribution is -0.0498. The topological polar surface area (TPSA) is 68.6 Å². The van der Waals surface area contributed by atoms with Crippen LogP contribution in [0, 0.1) is 5.92 Å². The van der Waals surface area contributed by atoms with Gasteiger partial charge in [-0.3, -0.25) is 0 Å². The maximum atomic E-state index is 13.0. The van der Waals surface area contributed by atoms with Gasteiger partial charge in [-0.2, -0.15) is 8.78 Å². The highest BCUT2D eigenvalue weighted by atomic mass is 35.5. The molecule has 0 unspecified atom stereocenters. The van der Waals surface area contributed by atoms with Crippen LogP contribution in [-0.4, -0.2) is 47.5 Å². The number of carbonyl (C=O) groups is 1. The highest BCUT2D eigenvalue weighted by Gasteiger charge is 2.26. The summed E-state index contributed by atoms with van der Waals surface area (Å²) in [6.45, 7) is 0.843. The van der Waals surface area contributed by atoms with Crippen LogP contribution in [0.5, 0.6) is 5.75 Å². The number of ether oxygens (including phenoxy) is 2. The van der Waals surface area contributed by atoms with E-state index in [0.29, 0.717) is 29.1 Å². The summed E-state index contributed by atoms with van der Waals surface area (Å²) in [5, 5.41) is 3.87. The lowest BCUT2D eigenvalue weighted by atomic mass is 10.00. The molecule has 1 aliphatic heterocycles. The third-order valence-electron chi connectivity index (χ3n) is 7.53. The Morgan fingerprint density at radius 1 is 1.15 bits per heavy atom. The molecule has 0 radical (unpaired) electrons. The predicted octanol–water partition coefficient (Wildman–Crippen LogP) is 7.07. The average molecular weight is 581 g/mol. The molecule has 2 aromatic carbocycles. The number of fused-ring (bicyclic) bond motifs is 2. The Hall–Kier alpha value is -2.78. The standard InChI is InChI=1S/C28H32Cl2F2N4O3/c1-17(14-35-9-8-19-11-20(38-27(31)32)6-7-25(19)35)34-28(37)39-21(10-18-4-2-3-5-18)15-36-16-33-24-12-22(29)23(30)13-26(24)36/h6-7,11-13,16-18,21,27H,2-5,8-10,14-15H2,1H3,(H,34,37)/t17-,21-/m0/s1. The van der Waals surface area contributed by atoms with Crippen molar-refractivity contribution in [2.24, 2.45) is 5.92 Å². The number of hydrogen-bond acceptors (Lipinski definition) is 5. The van der Waals surface area contributed by atoms with Crippen molar-refractivity contribution in [1.29, 1.82) is 0 Å². The van der Waals surface area contributed by atoms with E-state index in [0.717, 1.165) is 54.5 Å². The maximum absolute atomic E-state index is 13.0. The van der Waals surface area contributed by atoms with E-state index in [1.54, 1.807) is 36.7 Å². The van der Waals surface area contributed by atoms with Gasteiger partial charge in [-0.25, -0.2) is 9.78 Å². The second kappa shape index (κ2) is 12.2. The van der Waals surface area contributed by atoms with E-state index in [1.165, 1.54) is 12.8 Å². The molecule has 2 atom stereocenters. The van der Waals surface area contributed by atoms with E-state index in [4.69, 9.17) is 27.9 Å². The molecule has 0 bridgehead atoms. The summed E-state index contributed by atoms with van der Waals surface area (Å²) >= 11 is 12.4. The summed E-state index contributed by atoms with van der Waals surface area (Å²) in [7, 11) is 0. The van der Waals surface area contributed by atoms with Crippen LogP contribution >= 0.6 is 23.2 Å². The van der Waals surface area contributed by atoms with Gasteiger partial charge in [0.15, 0.2) is 0 Å². The monoisotopic (exact) mass is 580 g/mol. The zero-order valence-electron chi connectivity index (χ0n) is 21.7. The summed E-state index contributed by atoms with van der Waals surface area (Å²) < 4.78 is 37.6. The molecular formula is C28H32Cl2F2N4O3. The molecular weight excluding hydrogens is 549 g/mol. The summed E-state index contributed by atoms with van der Waals surface area (Å²) in [5.41, 5.74) is 3.49. The molecule has 1 aliphatic carbocycles. The SMILES string of the molecule is C[C@@H](CN1CCc2cc(OC(F)F)ccc21)NC(=O)O[C@@H](CC1CCCC1)Cn1cnc2cc(Cl)c(Cl)cc21. The van der Waals surface area contributed by atoms with E-state index >= 15 is 0 Å². The normalized spacial score (nSPS) is 17.0. The average Bonchev–Trinajstić information content (AvgIpc) is 3.61. The number of alkyl halides is 2. The van der Waals surface area contributed by atoms with Crippen molar-refractivity contribution in [3.05, 3.63) is 52.3 Å². The van der Waals surface area contributed by atoms with Gasteiger partial charge in [0.05, 0.1) is 34.0 Å². The molecule has 1 amide bonds. The van der Waals surface area contributed by atoms with Crippen LogP contribution in [0.3, 0.4) is 0 Å². The van der Waals surface area contributed by atoms with Crippen molar-refractivity contribution < 1.29 is 23.0 Å². The molecule has 39 heavy (non-hydrogen) atoms. The molecule has 5 rings (SSSR count). The minimum absolute atomic E-state index is 0.157. The van der Waals surface area contributed by atoms with E-state index in [-0.39, 0.29) is 17.9 Å². The lowest BCUT2D eigenvalue weighted by Gasteiger charge is -2.26. The number of aromatic nitrogens is 2. The molecule has 1 N–H and O–H groups in total. The van der Waals surface area contributed by atoms with Crippen molar-refractivity contribution in [2.75, 3.05) is 18.0 Å². The number of amides is 1. The highest BCUT2D eigenvalue weighted by Crippen LogP contribution is 2.33. The van der Waals surface area contributed by atoms with Crippen molar-refractivity contribution in [2.45, 2.75) is 70.8 Å². The minimum Gasteiger partial charge on any atom is -0.444 e. The fourth-order valence-electron chi connectivity index (χ4n) is 5.77. The number of benzene rings is 2. The first-order chi connectivity index (χ1) is 18.7. The molecule has 3 aromatic rings. The molecule has 210 valence electrons. The van der Waals surface area contributed by atoms with E-state index in [9.17, 15) is 13.6 Å². The summed E-state index contributed by atoms with van der Waals surface area (Å²) in [5.74, 6) is 0.678. The number of anilines is 1. The largest absolute Gasteiger partial charge is 0.444 e. The molecule has 2 aliphatic rings. The van der Waals surface area contributed by atoms with E-state index < -0.39 is 12.7 Å².